The summed E-state index contributed by atoms with van der Waals surface area (Å²) < 4.78 is 26.8. The van der Waals surface area contributed by atoms with E-state index in [1.165, 1.54) is 24.2 Å². The van der Waals surface area contributed by atoms with Crippen LogP contribution in [0.25, 0.3) is 0 Å². The van der Waals surface area contributed by atoms with Gasteiger partial charge in [0.25, 0.3) is 5.91 Å². The highest BCUT2D eigenvalue weighted by atomic mass is 32.2. The number of hydrogen-bond acceptors (Lipinski definition) is 3. The highest BCUT2D eigenvalue weighted by Crippen LogP contribution is 2.23. The number of sulfonamides is 1. The van der Waals surface area contributed by atoms with Crippen LogP contribution in [-0.4, -0.2) is 57.4 Å². The molecule has 3 rings (SSSR count). The van der Waals surface area contributed by atoms with Crippen molar-refractivity contribution in [2.75, 3.05) is 32.7 Å². The number of carbonyl (C=O) groups excluding carboxylic acids is 1. The van der Waals surface area contributed by atoms with Crippen LogP contribution in [0.2, 0.25) is 0 Å². The van der Waals surface area contributed by atoms with Gasteiger partial charge in [0.2, 0.25) is 10.0 Å². The van der Waals surface area contributed by atoms with Gasteiger partial charge in [-0.15, -0.1) is 0 Å². The average molecular weight is 395 g/mol. The minimum absolute atomic E-state index is 0.0449. The average Bonchev–Trinajstić information content (AvgIpc) is 2.64. The lowest BCUT2D eigenvalue weighted by atomic mass is 9.86. The molecule has 2 atom stereocenters. The number of nitrogens with zero attached hydrogens (tertiary/aromatic N) is 1. The van der Waals surface area contributed by atoms with E-state index in [4.69, 9.17) is 0 Å². The molecule has 1 saturated heterocycles. The van der Waals surface area contributed by atoms with Crippen molar-refractivity contribution in [2.24, 2.45) is 5.92 Å². The Morgan fingerprint density at radius 2 is 1.81 bits per heavy atom. The first-order valence-corrected chi connectivity index (χ1v) is 11.7. The molecule has 1 amide bonds. The molecule has 0 spiro atoms. The fourth-order valence-corrected chi connectivity index (χ4v) is 5.68. The Balaban J connectivity index is 1.45. The third kappa shape index (κ3) is 5.77. The third-order valence-corrected chi connectivity index (χ3v) is 7.73. The monoisotopic (exact) mass is 394 g/mol. The summed E-state index contributed by atoms with van der Waals surface area (Å²) in [6.07, 6.45) is 4.72. The molecule has 1 aromatic rings. The van der Waals surface area contributed by atoms with Gasteiger partial charge in [0.15, 0.2) is 6.54 Å². The van der Waals surface area contributed by atoms with Crippen LogP contribution in [0, 0.1) is 5.92 Å². The number of carbonyl (C=O) groups is 1. The van der Waals surface area contributed by atoms with E-state index in [1.807, 2.05) is 30.3 Å². The van der Waals surface area contributed by atoms with E-state index in [0.29, 0.717) is 44.7 Å². The second-order valence-electron chi connectivity index (χ2n) is 8.00. The Morgan fingerprint density at radius 3 is 2.48 bits per heavy atom. The van der Waals surface area contributed by atoms with Crippen LogP contribution in [0.3, 0.4) is 0 Å². The van der Waals surface area contributed by atoms with Crippen LogP contribution in [0.15, 0.2) is 30.3 Å². The molecular weight excluding hydrogens is 362 g/mol. The molecule has 0 unspecified atom stereocenters. The number of rotatable bonds is 6. The van der Waals surface area contributed by atoms with Crippen LogP contribution >= 0.6 is 0 Å². The molecule has 2 aliphatic rings. The molecule has 1 saturated carbocycles. The van der Waals surface area contributed by atoms with E-state index in [1.54, 1.807) is 4.31 Å². The lowest BCUT2D eigenvalue weighted by Gasteiger charge is -2.33. The van der Waals surface area contributed by atoms with E-state index in [9.17, 15) is 13.2 Å². The molecule has 1 aliphatic heterocycles. The van der Waals surface area contributed by atoms with Crippen LogP contribution in [0.1, 0.15) is 38.2 Å². The van der Waals surface area contributed by atoms with E-state index in [-0.39, 0.29) is 11.7 Å². The largest absolute Gasteiger partial charge is 0.348 e. The second-order valence-corrected chi connectivity index (χ2v) is 9.97. The van der Waals surface area contributed by atoms with Crippen LogP contribution in [0.5, 0.6) is 0 Å². The minimum Gasteiger partial charge on any atom is -0.348 e. The zero-order valence-corrected chi connectivity index (χ0v) is 17.0. The number of benzene rings is 1. The van der Waals surface area contributed by atoms with Gasteiger partial charge in [-0.3, -0.25) is 4.79 Å². The summed E-state index contributed by atoms with van der Waals surface area (Å²) in [5, 5.41) is 3.20. The SMILES string of the molecule is C[C@H]1CCCC[C@@H]1NC(=O)C[NH+]1CCN(S(=O)(=O)Cc2ccccc2)CC1. The fraction of sp³-hybridized carbons (Fsp3) is 0.650. The lowest BCUT2D eigenvalue weighted by molar-refractivity contribution is -0.895. The molecule has 7 heteroatoms. The van der Waals surface area contributed by atoms with Crippen molar-refractivity contribution in [1.82, 2.24) is 9.62 Å². The zero-order valence-electron chi connectivity index (χ0n) is 16.2. The number of quaternary nitrogens is 1. The normalized spacial score (nSPS) is 25.2. The summed E-state index contributed by atoms with van der Waals surface area (Å²) in [6, 6.07) is 9.60. The summed E-state index contributed by atoms with van der Waals surface area (Å²) in [5.41, 5.74) is 0.813. The quantitative estimate of drug-likeness (QED) is 0.734. The van der Waals surface area contributed by atoms with Crippen molar-refractivity contribution in [2.45, 2.75) is 44.4 Å². The van der Waals surface area contributed by atoms with E-state index in [2.05, 4.69) is 12.2 Å². The Morgan fingerprint density at radius 1 is 1.15 bits per heavy atom. The van der Waals surface area contributed by atoms with Crippen LogP contribution in [-0.2, 0) is 20.6 Å². The van der Waals surface area contributed by atoms with Gasteiger partial charge in [0.1, 0.15) is 0 Å². The number of nitrogens with one attached hydrogen (secondary N) is 2. The van der Waals surface area contributed by atoms with Gasteiger partial charge in [0.05, 0.1) is 31.9 Å². The first-order chi connectivity index (χ1) is 12.9. The van der Waals surface area contributed by atoms with Gasteiger partial charge < -0.3 is 10.2 Å². The molecule has 0 radical (unpaired) electrons. The molecule has 2 N–H and O–H groups in total. The first kappa shape index (κ1) is 20.3. The van der Waals surface area contributed by atoms with Gasteiger partial charge in [-0.25, -0.2) is 8.42 Å². The maximum Gasteiger partial charge on any atom is 0.275 e. The molecule has 2 fully saturated rings. The van der Waals surface area contributed by atoms with E-state index in [0.717, 1.165) is 12.0 Å². The van der Waals surface area contributed by atoms with Gasteiger partial charge in [-0.2, -0.15) is 4.31 Å². The fourth-order valence-electron chi connectivity index (χ4n) is 4.15. The summed E-state index contributed by atoms with van der Waals surface area (Å²) in [7, 11) is -3.30. The molecule has 0 bridgehead atoms. The van der Waals surface area contributed by atoms with Gasteiger partial charge in [-0.1, -0.05) is 50.1 Å². The van der Waals surface area contributed by atoms with E-state index < -0.39 is 10.0 Å². The zero-order chi connectivity index (χ0) is 19.3. The van der Waals surface area contributed by atoms with Crippen molar-refractivity contribution in [1.29, 1.82) is 0 Å². The number of amides is 1. The second kappa shape index (κ2) is 9.17. The highest BCUT2D eigenvalue weighted by molar-refractivity contribution is 7.88. The molecule has 150 valence electrons. The topological polar surface area (TPSA) is 70.9 Å². The Bertz CT molecular complexity index is 715. The van der Waals surface area contributed by atoms with E-state index >= 15 is 0 Å². The maximum absolute atomic E-state index is 12.6. The lowest BCUT2D eigenvalue weighted by Crippen LogP contribution is -3.15. The molecule has 6 nitrogen and oxygen atoms in total. The smallest absolute Gasteiger partial charge is 0.275 e. The standard InChI is InChI=1S/C20H31N3O3S/c1-17-7-5-6-10-19(17)21-20(24)15-22-11-13-23(14-12-22)27(25,26)16-18-8-3-2-4-9-18/h2-4,8-9,17,19H,5-7,10-16H2,1H3,(H,21,24)/p+1/t17-,19-/m0/s1. The van der Waals surface area contributed by atoms with Gasteiger partial charge in [0, 0.05) is 6.04 Å². The van der Waals surface area contributed by atoms with Crippen molar-refractivity contribution >= 4 is 15.9 Å². The van der Waals surface area contributed by atoms with Gasteiger partial charge in [-0.05, 0) is 24.3 Å². The van der Waals surface area contributed by atoms with Crippen LogP contribution in [0.4, 0.5) is 0 Å². The Kier molecular flexibility index (Phi) is 6.89. The predicted molar refractivity (Wildman–Crippen MR) is 106 cm³/mol. The maximum atomic E-state index is 12.6. The molecule has 0 aromatic heterocycles. The van der Waals surface area contributed by atoms with Crippen molar-refractivity contribution < 1.29 is 18.1 Å². The Hall–Kier alpha value is -1.44. The van der Waals surface area contributed by atoms with Gasteiger partial charge >= 0.3 is 0 Å². The Labute approximate surface area is 163 Å². The predicted octanol–water partition coefficient (Wildman–Crippen LogP) is 0.412. The minimum atomic E-state index is -3.30. The molecule has 1 aromatic carbocycles. The first-order valence-electron chi connectivity index (χ1n) is 10.1. The molecule has 1 heterocycles. The molecule has 27 heavy (non-hydrogen) atoms. The number of hydrogen-bond donors (Lipinski definition) is 2. The molecule has 1 aliphatic carbocycles. The summed E-state index contributed by atoms with van der Waals surface area (Å²) in [4.78, 5) is 13.5. The third-order valence-electron chi connectivity index (χ3n) is 5.88. The summed E-state index contributed by atoms with van der Waals surface area (Å²) in [6.45, 7) is 4.99. The number of piperazine rings is 1. The summed E-state index contributed by atoms with van der Waals surface area (Å²) in [5.74, 6) is 0.700. The highest BCUT2D eigenvalue weighted by Gasteiger charge is 2.31. The summed E-state index contributed by atoms with van der Waals surface area (Å²) >= 11 is 0. The van der Waals surface area contributed by atoms with Crippen molar-refractivity contribution in [3.05, 3.63) is 35.9 Å². The van der Waals surface area contributed by atoms with Crippen LogP contribution < -0.4 is 10.2 Å². The van der Waals surface area contributed by atoms with Crippen molar-refractivity contribution in [3.63, 3.8) is 0 Å². The van der Waals surface area contributed by atoms with Crippen molar-refractivity contribution in [3.8, 4) is 0 Å². The molecular formula is C20H32N3O3S+.